The number of aromatic nitrogens is 2. The van der Waals surface area contributed by atoms with E-state index in [2.05, 4.69) is 0 Å². The van der Waals surface area contributed by atoms with Crippen LogP contribution in [0, 0.1) is 5.41 Å². The Morgan fingerprint density at radius 2 is 1.43 bits per heavy atom. The second kappa shape index (κ2) is 5.64. The van der Waals surface area contributed by atoms with Gasteiger partial charge in [-0.1, -0.05) is 56.3 Å². The molecule has 1 aromatic heterocycles. The normalized spacial score (nSPS) is 20.4. The van der Waals surface area contributed by atoms with Crippen molar-refractivity contribution in [1.29, 1.82) is 0 Å². The highest BCUT2D eigenvalue weighted by atomic mass is 16.2. The Balaban J connectivity index is 1.94. The van der Waals surface area contributed by atoms with Crippen molar-refractivity contribution in [2.75, 3.05) is 0 Å². The molecule has 5 nitrogen and oxygen atoms in total. The van der Waals surface area contributed by atoms with Crippen LogP contribution < -0.4 is 11.1 Å². The number of benzene rings is 2. The molecule has 1 aliphatic carbocycles. The van der Waals surface area contributed by atoms with E-state index in [1.165, 1.54) is 9.36 Å². The van der Waals surface area contributed by atoms with Crippen LogP contribution in [0.15, 0.2) is 69.8 Å². The molecule has 0 amide bonds. The van der Waals surface area contributed by atoms with Crippen LogP contribution in [0.1, 0.15) is 38.3 Å². The van der Waals surface area contributed by atoms with E-state index in [0.717, 1.165) is 5.56 Å². The maximum absolute atomic E-state index is 13.4. The van der Waals surface area contributed by atoms with Crippen LogP contribution >= 0.6 is 0 Å². The maximum Gasteiger partial charge on any atom is 0.277 e. The van der Waals surface area contributed by atoms with Crippen LogP contribution in [0.3, 0.4) is 0 Å². The van der Waals surface area contributed by atoms with E-state index in [0.29, 0.717) is 34.9 Å². The molecule has 5 heteroatoms. The summed E-state index contributed by atoms with van der Waals surface area (Å²) in [6, 6.07) is 15.8. The molecule has 5 rings (SSSR count). The Bertz CT molecular complexity index is 1290. The minimum atomic E-state index is -0.565. The van der Waals surface area contributed by atoms with Gasteiger partial charge in [0.25, 0.3) is 11.1 Å². The summed E-state index contributed by atoms with van der Waals surface area (Å²) in [7, 11) is 0. The van der Waals surface area contributed by atoms with Crippen molar-refractivity contribution >= 4 is 22.3 Å². The number of rotatable bonds is 1. The molecule has 1 atom stereocenters. The first-order valence-corrected chi connectivity index (χ1v) is 9.47. The molecule has 2 aromatic carbocycles. The number of hydrogen-bond donors (Lipinski definition) is 0. The Labute approximate surface area is 161 Å². The molecule has 2 aliphatic rings. The summed E-state index contributed by atoms with van der Waals surface area (Å²) >= 11 is 0. The Morgan fingerprint density at radius 1 is 0.821 bits per heavy atom. The van der Waals surface area contributed by atoms with Crippen LogP contribution in [-0.2, 0) is 4.79 Å². The second-order valence-corrected chi connectivity index (χ2v) is 8.43. The van der Waals surface area contributed by atoms with Crippen LogP contribution in [0.2, 0.25) is 0 Å². The monoisotopic (exact) mass is 372 g/mol. The molecule has 2 heterocycles. The molecular weight excluding hydrogens is 352 g/mol. The zero-order valence-corrected chi connectivity index (χ0v) is 15.8. The van der Waals surface area contributed by atoms with Crippen LogP contribution in [0.25, 0.3) is 16.5 Å². The number of nitrogens with zero attached hydrogens (tertiary/aromatic N) is 2. The van der Waals surface area contributed by atoms with Gasteiger partial charge in [0, 0.05) is 12.0 Å². The number of ketones is 1. The highest BCUT2D eigenvalue weighted by Gasteiger charge is 2.44. The Morgan fingerprint density at radius 3 is 2.11 bits per heavy atom. The van der Waals surface area contributed by atoms with Crippen molar-refractivity contribution in [1.82, 2.24) is 9.36 Å². The first-order valence-electron chi connectivity index (χ1n) is 9.47. The lowest BCUT2D eigenvalue weighted by atomic mass is 9.74. The third-order valence-corrected chi connectivity index (χ3v) is 5.79. The van der Waals surface area contributed by atoms with Gasteiger partial charge in [0.2, 0.25) is 0 Å². The van der Waals surface area contributed by atoms with Gasteiger partial charge in [-0.3, -0.25) is 14.4 Å². The molecule has 1 aliphatic heterocycles. The summed E-state index contributed by atoms with van der Waals surface area (Å²) in [5.41, 5.74) is 1.35. The lowest BCUT2D eigenvalue weighted by Gasteiger charge is -2.30. The van der Waals surface area contributed by atoms with Crippen molar-refractivity contribution < 1.29 is 4.79 Å². The van der Waals surface area contributed by atoms with Gasteiger partial charge in [0.15, 0.2) is 5.78 Å². The van der Waals surface area contributed by atoms with Gasteiger partial charge in [-0.15, -0.1) is 0 Å². The predicted molar refractivity (Wildman–Crippen MR) is 108 cm³/mol. The fraction of sp³-hybridized carbons (Fsp3) is 0.261. The van der Waals surface area contributed by atoms with Gasteiger partial charge in [0.05, 0.1) is 16.5 Å². The molecule has 0 N–H and O–H groups in total. The number of allylic oxidation sites excluding steroid dienone is 2. The van der Waals surface area contributed by atoms with Gasteiger partial charge >= 0.3 is 0 Å². The van der Waals surface area contributed by atoms with Crippen molar-refractivity contribution in [2.24, 2.45) is 5.41 Å². The van der Waals surface area contributed by atoms with E-state index >= 15 is 0 Å². The second-order valence-electron chi connectivity index (χ2n) is 8.43. The van der Waals surface area contributed by atoms with Crippen molar-refractivity contribution in [3.8, 4) is 0 Å². The standard InChI is InChI=1S/C23H20N2O3/c1-23(2)12-17-19(18(26)13-23)20(14-8-4-3-5-9-14)25-22(28)16-11-7-6-10-15(16)21(27)24(17)25/h3-11,20H,12-13H2,1-2H3. The number of Topliss-reactive ketones (excluding diaryl/α,β-unsaturated/α-hetero) is 1. The van der Waals surface area contributed by atoms with Gasteiger partial charge in [-0.05, 0) is 29.5 Å². The third kappa shape index (κ3) is 2.22. The van der Waals surface area contributed by atoms with Crippen LogP contribution in [0.5, 0.6) is 0 Å². The van der Waals surface area contributed by atoms with Crippen molar-refractivity contribution in [2.45, 2.75) is 32.7 Å². The quantitative estimate of drug-likeness (QED) is 0.658. The largest absolute Gasteiger partial charge is 0.294 e. The molecule has 3 aromatic rings. The average molecular weight is 372 g/mol. The molecule has 1 unspecified atom stereocenters. The first kappa shape index (κ1) is 16.9. The van der Waals surface area contributed by atoms with E-state index in [1.807, 2.05) is 44.2 Å². The molecule has 0 bridgehead atoms. The van der Waals surface area contributed by atoms with E-state index < -0.39 is 6.04 Å². The smallest absolute Gasteiger partial charge is 0.277 e. The van der Waals surface area contributed by atoms with Crippen molar-refractivity contribution in [3.63, 3.8) is 0 Å². The molecule has 0 saturated carbocycles. The number of fused-ring (bicyclic) bond motifs is 3. The molecule has 28 heavy (non-hydrogen) atoms. The van der Waals surface area contributed by atoms with Gasteiger partial charge in [0.1, 0.15) is 6.04 Å². The minimum absolute atomic E-state index is 0.0131. The summed E-state index contributed by atoms with van der Waals surface area (Å²) in [4.78, 5) is 40.0. The fourth-order valence-corrected chi connectivity index (χ4v) is 4.63. The van der Waals surface area contributed by atoms with E-state index in [1.54, 1.807) is 24.3 Å². The Hall–Kier alpha value is -3.21. The average Bonchev–Trinajstić information content (AvgIpc) is 3.01. The highest BCUT2D eigenvalue weighted by Crippen LogP contribution is 2.46. The lowest BCUT2D eigenvalue weighted by molar-refractivity contribution is -0.118. The topological polar surface area (TPSA) is 61.1 Å². The highest BCUT2D eigenvalue weighted by molar-refractivity contribution is 6.04. The van der Waals surface area contributed by atoms with Gasteiger partial charge < -0.3 is 0 Å². The predicted octanol–water partition coefficient (Wildman–Crippen LogP) is 3.37. The zero-order valence-electron chi connectivity index (χ0n) is 15.8. The summed E-state index contributed by atoms with van der Waals surface area (Å²) in [5, 5.41) is 0.774. The van der Waals surface area contributed by atoms with E-state index in [9.17, 15) is 14.4 Å². The summed E-state index contributed by atoms with van der Waals surface area (Å²) < 4.78 is 2.96. The van der Waals surface area contributed by atoms with Crippen LogP contribution in [0.4, 0.5) is 0 Å². The minimum Gasteiger partial charge on any atom is -0.294 e. The van der Waals surface area contributed by atoms with Gasteiger partial charge in [-0.25, -0.2) is 9.36 Å². The number of carbonyl (C=O) groups excluding carboxylic acids is 1. The van der Waals surface area contributed by atoms with Crippen LogP contribution in [-0.4, -0.2) is 15.1 Å². The summed E-state index contributed by atoms with van der Waals surface area (Å²) in [5.74, 6) is 0.0131. The summed E-state index contributed by atoms with van der Waals surface area (Å²) in [6.07, 6.45) is 0.987. The number of carbonyl (C=O) groups is 1. The number of hydrogen-bond acceptors (Lipinski definition) is 3. The molecule has 0 fully saturated rings. The summed E-state index contributed by atoms with van der Waals surface area (Å²) in [6.45, 7) is 4.05. The van der Waals surface area contributed by atoms with Gasteiger partial charge in [-0.2, -0.15) is 0 Å². The Kier molecular flexibility index (Phi) is 3.41. The molecule has 140 valence electrons. The van der Waals surface area contributed by atoms with E-state index in [4.69, 9.17) is 0 Å². The maximum atomic E-state index is 13.4. The third-order valence-electron chi connectivity index (χ3n) is 5.79. The SMILES string of the molecule is CC1(C)CC(=O)C2=C(C1)n1c(=O)c3ccccc3c(=O)n1C2c1ccccc1. The van der Waals surface area contributed by atoms with Crippen molar-refractivity contribution in [3.05, 3.63) is 86.4 Å². The fourth-order valence-electron chi connectivity index (χ4n) is 4.63. The molecule has 0 spiro atoms. The molecule has 0 saturated heterocycles. The van der Waals surface area contributed by atoms with E-state index in [-0.39, 0.29) is 22.3 Å². The molecular formula is C23H20N2O3. The molecule has 0 radical (unpaired) electrons. The first-order chi connectivity index (χ1) is 13.4. The lowest BCUT2D eigenvalue weighted by Crippen LogP contribution is -2.37. The zero-order chi connectivity index (χ0) is 19.6.